The average Bonchev–Trinajstić information content (AvgIpc) is 2.12. The van der Waals surface area contributed by atoms with Crippen LogP contribution in [0.1, 0.15) is 13.3 Å². The first-order valence-electron chi connectivity index (χ1n) is 3.49. The van der Waals surface area contributed by atoms with E-state index in [1.165, 1.54) is 7.11 Å². The summed E-state index contributed by atoms with van der Waals surface area (Å²) in [6.07, 6.45) is -0.117. The monoisotopic (exact) mass is 189 g/mol. The molecule has 0 saturated carbocycles. The fourth-order valence-electron chi connectivity index (χ4n) is 0.658. The maximum Gasteiger partial charge on any atom is 0.407 e. The van der Waals surface area contributed by atoms with Gasteiger partial charge in [0.1, 0.15) is 0 Å². The van der Waals surface area contributed by atoms with Crippen molar-refractivity contribution < 1.29 is 14.3 Å². The molecule has 12 heavy (non-hydrogen) atoms. The van der Waals surface area contributed by atoms with Gasteiger partial charge in [0.15, 0.2) is 5.78 Å². The van der Waals surface area contributed by atoms with Crippen molar-refractivity contribution in [1.82, 2.24) is 5.32 Å². The van der Waals surface area contributed by atoms with Crippen molar-refractivity contribution in [3.8, 4) is 0 Å². The fraction of sp³-hybridized carbons (Fsp3) is 0.571. The maximum atomic E-state index is 11.0. The van der Waals surface area contributed by atoms with Crippen molar-refractivity contribution in [3.05, 3.63) is 0 Å². The summed E-state index contributed by atoms with van der Waals surface area (Å²) in [5, 5.41) is 3.38. The Labute approximate surface area is 76.3 Å². The summed E-state index contributed by atoms with van der Waals surface area (Å²) >= 11 is 4.44. The molecule has 1 atom stereocenters. The van der Waals surface area contributed by atoms with E-state index in [4.69, 9.17) is 0 Å². The van der Waals surface area contributed by atoms with E-state index < -0.39 is 12.1 Å². The minimum absolute atomic E-state index is 0.280. The zero-order valence-corrected chi connectivity index (χ0v) is 7.81. The number of hydrogen-bond donors (Lipinski definition) is 1. The van der Waals surface area contributed by atoms with Gasteiger partial charge in [-0.15, -0.1) is 0 Å². The van der Waals surface area contributed by atoms with Crippen molar-refractivity contribution >= 4 is 29.5 Å². The molecular formula is C7H11NO3S. The lowest BCUT2D eigenvalue weighted by Gasteiger charge is -2.11. The lowest BCUT2D eigenvalue weighted by molar-refractivity contribution is -0.114. The van der Waals surface area contributed by atoms with Crippen molar-refractivity contribution in [1.29, 1.82) is 0 Å². The molecule has 1 unspecified atom stereocenters. The molecule has 0 aliphatic heterocycles. The minimum atomic E-state index is -0.618. The summed E-state index contributed by atoms with van der Waals surface area (Å²) in [4.78, 5) is 21.6. The Morgan fingerprint density at radius 1 is 1.67 bits per heavy atom. The zero-order valence-electron chi connectivity index (χ0n) is 6.99. The number of alkyl carbamates (subject to hydrolysis) is 1. The van der Waals surface area contributed by atoms with Gasteiger partial charge in [-0.25, -0.2) is 4.79 Å². The third kappa shape index (κ3) is 3.43. The molecule has 0 bridgehead atoms. The lowest BCUT2D eigenvalue weighted by Crippen LogP contribution is -2.40. The molecule has 1 amide bonds. The number of thiocarbonyl (C=S) groups is 1. The molecule has 0 heterocycles. The van der Waals surface area contributed by atoms with Gasteiger partial charge in [-0.05, 0) is 6.42 Å². The van der Waals surface area contributed by atoms with Crippen molar-refractivity contribution in [3.63, 3.8) is 0 Å². The Morgan fingerprint density at radius 3 is 2.58 bits per heavy atom. The standard InChI is InChI=1S/C7H11NO3S/c1-3-5(6(9)4-12)8-7(10)11-2/h4-5H,3H2,1-2H3,(H,8,10). The van der Waals surface area contributed by atoms with Crippen LogP contribution in [0, 0.1) is 0 Å². The van der Waals surface area contributed by atoms with Crippen LogP contribution in [0.15, 0.2) is 0 Å². The molecule has 0 aromatic heterocycles. The third-order valence-electron chi connectivity index (χ3n) is 1.35. The summed E-state index contributed by atoms with van der Waals surface area (Å²) in [6, 6.07) is -0.560. The fourth-order valence-corrected chi connectivity index (χ4v) is 0.822. The second-order valence-corrected chi connectivity index (χ2v) is 2.35. The molecule has 0 spiro atoms. The van der Waals surface area contributed by atoms with Gasteiger partial charge in [0.05, 0.1) is 13.2 Å². The van der Waals surface area contributed by atoms with Crippen LogP contribution in [0.3, 0.4) is 0 Å². The Balaban J connectivity index is 4.07. The highest BCUT2D eigenvalue weighted by molar-refractivity contribution is 7.80. The average molecular weight is 189 g/mol. The van der Waals surface area contributed by atoms with Gasteiger partial charge < -0.3 is 10.1 Å². The van der Waals surface area contributed by atoms with E-state index in [1.807, 2.05) is 0 Å². The number of carbonyl (C=O) groups excluding carboxylic acids is 2. The van der Waals surface area contributed by atoms with E-state index >= 15 is 0 Å². The highest BCUT2D eigenvalue weighted by Gasteiger charge is 2.16. The molecule has 68 valence electrons. The number of ether oxygens (including phenoxy) is 1. The molecule has 0 aromatic carbocycles. The SMILES string of the molecule is CCC(NC(=O)OC)C(=O)C=S. The molecule has 0 aliphatic carbocycles. The number of methoxy groups -OCH3 is 1. The summed E-state index contributed by atoms with van der Waals surface area (Å²) in [5.41, 5.74) is 0. The largest absolute Gasteiger partial charge is 0.453 e. The summed E-state index contributed by atoms with van der Waals surface area (Å²) in [6.45, 7) is 1.78. The van der Waals surface area contributed by atoms with Gasteiger partial charge >= 0.3 is 6.09 Å². The van der Waals surface area contributed by atoms with Crippen LogP contribution < -0.4 is 5.32 Å². The van der Waals surface area contributed by atoms with Gasteiger partial charge in [0, 0.05) is 5.37 Å². The third-order valence-corrected chi connectivity index (χ3v) is 1.58. The molecule has 0 aliphatic rings. The number of ketones is 1. The van der Waals surface area contributed by atoms with Crippen molar-refractivity contribution in [2.75, 3.05) is 7.11 Å². The molecular weight excluding hydrogens is 178 g/mol. The molecule has 0 aromatic rings. The van der Waals surface area contributed by atoms with E-state index in [1.54, 1.807) is 6.92 Å². The van der Waals surface area contributed by atoms with Crippen LogP contribution in [-0.2, 0) is 9.53 Å². The first-order chi connectivity index (χ1) is 5.65. The normalized spacial score (nSPS) is 11.5. The van der Waals surface area contributed by atoms with Gasteiger partial charge in [0.2, 0.25) is 0 Å². The second kappa shape index (κ2) is 5.65. The molecule has 0 radical (unpaired) electrons. The van der Waals surface area contributed by atoms with Crippen LogP contribution in [0.5, 0.6) is 0 Å². The number of rotatable bonds is 4. The van der Waals surface area contributed by atoms with Gasteiger partial charge in [-0.2, -0.15) is 0 Å². The van der Waals surface area contributed by atoms with E-state index in [2.05, 4.69) is 22.3 Å². The molecule has 4 nitrogen and oxygen atoms in total. The number of hydrogen-bond acceptors (Lipinski definition) is 4. The van der Waals surface area contributed by atoms with Crippen molar-refractivity contribution in [2.45, 2.75) is 19.4 Å². The van der Waals surface area contributed by atoms with E-state index in [9.17, 15) is 9.59 Å². The predicted octanol–water partition coefficient (Wildman–Crippen LogP) is 0.690. The Morgan fingerprint density at radius 2 is 2.25 bits per heavy atom. The summed E-state index contributed by atoms with van der Waals surface area (Å²) in [5.74, 6) is -0.280. The van der Waals surface area contributed by atoms with Crippen LogP contribution in [0.4, 0.5) is 4.79 Å². The van der Waals surface area contributed by atoms with E-state index in [-0.39, 0.29) is 5.78 Å². The van der Waals surface area contributed by atoms with E-state index in [0.29, 0.717) is 6.42 Å². The smallest absolute Gasteiger partial charge is 0.407 e. The minimum Gasteiger partial charge on any atom is -0.453 e. The predicted molar refractivity (Wildman–Crippen MR) is 48.3 cm³/mol. The quantitative estimate of drug-likeness (QED) is 0.661. The maximum absolute atomic E-state index is 11.0. The van der Waals surface area contributed by atoms with E-state index in [0.717, 1.165) is 5.37 Å². The first kappa shape index (κ1) is 11.0. The highest BCUT2D eigenvalue weighted by atomic mass is 32.1. The van der Waals surface area contributed by atoms with Crippen LogP contribution in [0.2, 0.25) is 0 Å². The van der Waals surface area contributed by atoms with Crippen LogP contribution in [0.25, 0.3) is 0 Å². The lowest BCUT2D eigenvalue weighted by atomic mass is 10.1. The zero-order chi connectivity index (χ0) is 9.56. The van der Waals surface area contributed by atoms with Gasteiger partial charge in [0.25, 0.3) is 0 Å². The Hall–Kier alpha value is -0.970. The molecule has 5 heteroatoms. The molecule has 0 fully saturated rings. The summed E-state index contributed by atoms with van der Waals surface area (Å²) < 4.78 is 4.33. The topological polar surface area (TPSA) is 55.4 Å². The van der Waals surface area contributed by atoms with Crippen molar-refractivity contribution in [2.24, 2.45) is 0 Å². The van der Waals surface area contributed by atoms with Gasteiger partial charge in [-0.1, -0.05) is 19.1 Å². The summed E-state index contributed by atoms with van der Waals surface area (Å²) in [7, 11) is 1.24. The second-order valence-electron chi connectivity index (χ2n) is 2.12. The van der Waals surface area contributed by atoms with Gasteiger partial charge in [-0.3, -0.25) is 4.79 Å². The first-order valence-corrected chi connectivity index (χ1v) is 3.96. The highest BCUT2D eigenvalue weighted by Crippen LogP contribution is 1.92. The Bertz CT molecular complexity index is 193. The number of nitrogens with one attached hydrogen (secondary N) is 1. The van der Waals surface area contributed by atoms with Crippen LogP contribution in [-0.4, -0.2) is 30.4 Å². The number of amides is 1. The Kier molecular flexibility index (Phi) is 5.19. The number of Topliss-reactive ketones (excluding diaryl/α,β-unsaturated/α-hetero) is 1. The molecule has 0 saturated heterocycles. The molecule has 0 rings (SSSR count). The van der Waals surface area contributed by atoms with Crippen LogP contribution >= 0.6 is 12.2 Å². The number of carbonyl (C=O) groups is 2. The molecule has 1 N–H and O–H groups in total.